The molecule has 1 aliphatic rings. The van der Waals surface area contributed by atoms with E-state index in [1.54, 1.807) is 0 Å². The summed E-state index contributed by atoms with van der Waals surface area (Å²) < 4.78 is 2.15. The Morgan fingerprint density at radius 2 is 2.06 bits per heavy atom. The molecule has 3 nitrogen and oxygen atoms in total. The van der Waals surface area contributed by atoms with Gasteiger partial charge in [-0.1, -0.05) is 20.3 Å². The van der Waals surface area contributed by atoms with Crippen molar-refractivity contribution in [3.63, 3.8) is 0 Å². The molecule has 0 aliphatic heterocycles. The van der Waals surface area contributed by atoms with Crippen molar-refractivity contribution in [3.8, 4) is 0 Å². The van der Waals surface area contributed by atoms with Crippen LogP contribution in [0.5, 0.6) is 0 Å². The molecule has 0 bridgehead atoms. The first-order valence-corrected chi connectivity index (χ1v) is 7.04. The molecule has 1 fully saturated rings. The van der Waals surface area contributed by atoms with Crippen molar-refractivity contribution in [1.82, 2.24) is 9.78 Å². The molecular weight excluding hydrogens is 210 g/mol. The third kappa shape index (κ3) is 2.89. The lowest BCUT2D eigenvalue weighted by Crippen LogP contribution is -2.18. The monoisotopic (exact) mass is 235 g/mol. The van der Waals surface area contributed by atoms with Crippen molar-refractivity contribution < 1.29 is 0 Å². The van der Waals surface area contributed by atoms with Gasteiger partial charge in [-0.15, -0.1) is 0 Å². The summed E-state index contributed by atoms with van der Waals surface area (Å²) in [5, 5.41) is 4.50. The van der Waals surface area contributed by atoms with Gasteiger partial charge in [0.1, 0.15) is 0 Å². The summed E-state index contributed by atoms with van der Waals surface area (Å²) in [6.45, 7) is 4.42. The van der Waals surface area contributed by atoms with E-state index in [-0.39, 0.29) is 6.04 Å². The van der Waals surface area contributed by atoms with Gasteiger partial charge >= 0.3 is 0 Å². The Balaban J connectivity index is 1.97. The molecule has 0 saturated heterocycles. The number of aromatic nitrogens is 2. The van der Waals surface area contributed by atoms with Crippen LogP contribution < -0.4 is 5.73 Å². The fourth-order valence-electron chi connectivity index (χ4n) is 2.80. The number of nitrogens with two attached hydrogens (primary N) is 1. The SMILES string of the molecule is CCC1CCC(n2cc(C(N)CC)cn2)CC1. The molecule has 96 valence electrons. The maximum atomic E-state index is 6.03. The fraction of sp³-hybridized carbons (Fsp3) is 0.786. The van der Waals surface area contributed by atoms with Gasteiger partial charge in [-0.05, 0) is 38.0 Å². The summed E-state index contributed by atoms with van der Waals surface area (Å²) in [5.41, 5.74) is 7.21. The molecule has 2 rings (SSSR count). The van der Waals surface area contributed by atoms with Crippen molar-refractivity contribution in [1.29, 1.82) is 0 Å². The van der Waals surface area contributed by atoms with Gasteiger partial charge in [0.25, 0.3) is 0 Å². The minimum absolute atomic E-state index is 0.149. The van der Waals surface area contributed by atoms with Gasteiger partial charge in [-0.3, -0.25) is 4.68 Å². The van der Waals surface area contributed by atoms with Crippen LogP contribution in [0.15, 0.2) is 12.4 Å². The van der Waals surface area contributed by atoms with Gasteiger partial charge in [0.2, 0.25) is 0 Å². The summed E-state index contributed by atoms with van der Waals surface area (Å²) in [6, 6.07) is 0.756. The lowest BCUT2D eigenvalue weighted by molar-refractivity contribution is 0.256. The molecule has 1 atom stereocenters. The summed E-state index contributed by atoms with van der Waals surface area (Å²) in [7, 11) is 0. The van der Waals surface area contributed by atoms with E-state index in [4.69, 9.17) is 5.73 Å². The largest absolute Gasteiger partial charge is 0.324 e. The first kappa shape index (κ1) is 12.6. The van der Waals surface area contributed by atoms with Crippen LogP contribution in [-0.2, 0) is 0 Å². The highest BCUT2D eigenvalue weighted by Gasteiger charge is 2.22. The topological polar surface area (TPSA) is 43.8 Å². The zero-order valence-electron chi connectivity index (χ0n) is 11.1. The highest BCUT2D eigenvalue weighted by molar-refractivity contribution is 5.09. The van der Waals surface area contributed by atoms with Crippen LogP contribution in [0.25, 0.3) is 0 Å². The van der Waals surface area contributed by atoms with E-state index >= 15 is 0 Å². The normalized spacial score (nSPS) is 27.0. The predicted octanol–water partition coefficient (Wildman–Crippen LogP) is 3.43. The molecule has 1 unspecified atom stereocenters. The number of nitrogens with zero attached hydrogens (tertiary/aromatic N) is 2. The van der Waals surface area contributed by atoms with Crippen LogP contribution in [0.1, 0.15) is 70.0 Å². The predicted molar refractivity (Wildman–Crippen MR) is 70.7 cm³/mol. The van der Waals surface area contributed by atoms with Crippen LogP contribution in [0.4, 0.5) is 0 Å². The standard InChI is InChI=1S/C14H25N3/c1-3-11-5-7-13(8-6-11)17-10-12(9-16-17)14(15)4-2/h9-11,13-14H,3-8,15H2,1-2H3. The molecule has 1 aromatic heterocycles. The Hall–Kier alpha value is -0.830. The fourth-order valence-corrected chi connectivity index (χ4v) is 2.80. The van der Waals surface area contributed by atoms with Crippen molar-refractivity contribution in [2.24, 2.45) is 11.7 Å². The third-order valence-corrected chi connectivity index (χ3v) is 4.26. The molecule has 1 aromatic rings. The van der Waals surface area contributed by atoms with Gasteiger partial charge in [0.15, 0.2) is 0 Å². The molecule has 0 aromatic carbocycles. The molecular formula is C14H25N3. The first-order valence-electron chi connectivity index (χ1n) is 7.04. The maximum absolute atomic E-state index is 6.03. The summed E-state index contributed by atoms with van der Waals surface area (Å²) >= 11 is 0. The molecule has 1 aliphatic carbocycles. The number of hydrogen-bond donors (Lipinski definition) is 1. The van der Waals surface area contributed by atoms with Crippen molar-refractivity contribution in [3.05, 3.63) is 18.0 Å². The second-order valence-corrected chi connectivity index (χ2v) is 5.35. The van der Waals surface area contributed by atoms with E-state index in [0.29, 0.717) is 6.04 Å². The Kier molecular flexibility index (Phi) is 4.21. The molecule has 0 radical (unpaired) electrons. The molecule has 0 spiro atoms. The zero-order valence-corrected chi connectivity index (χ0v) is 11.1. The second-order valence-electron chi connectivity index (χ2n) is 5.35. The molecule has 1 heterocycles. The minimum Gasteiger partial charge on any atom is -0.324 e. The zero-order chi connectivity index (χ0) is 12.3. The van der Waals surface area contributed by atoms with Crippen molar-refractivity contribution in [2.45, 2.75) is 64.5 Å². The summed E-state index contributed by atoms with van der Waals surface area (Å²) in [5.74, 6) is 0.944. The van der Waals surface area contributed by atoms with Gasteiger partial charge < -0.3 is 5.73 Å². The van der Waals surface area contributed by atoms with E-state index in [0.717, 1.165) is 12.3 Å². The lowest BCUT2D eigenvalue weighted by Gasteiger charge is -2.27. The van der Waals surface area contributed by atoms with Gasteiger partial charge in [0.05, 0.1) is 12.2 Å². The second kappa shape index (κ2) is 5.67. The number of hydrogen-bond acceptors (Lipinski definition) is 2. The van der Waals surface area contributed by atoms with Gasteiger partial charge in [-0.2, -0.15) is 5.10 Å². The highest BCUT2D eigenvalue weighted by atomic mass is 15.3. The maximum Gasteiger partial charge on any atom is 0.0537 e. The van der Waals surface area contributed by atoms with Crippen LogP contribution in [-0.4, -0.2) is 9.78 Å². The average molecular weight is 235 g/mol. The third-order valence-electron chi connectivity index (χ3n) is 4.26. The summed E-state index contributed by atoms with van der Waals surface area (Å²) in [4.78, 5) is 0. The molecule has 2 N–H and O–H groups in total. The average Bonchev–Trinajstić information content (AvgIpc) is 2.87. The van der Waals surface area contributed by atoms with E-state index in [2.05, 4.69) is 29.8 Å². The minimum atomic E-state index is 0.149. The van der Waals surface area contributed by atoms with E-state index in [9.17, 15) is 0 Å². The van der Waals surface area contributed by atoms with E-state index < -0.39 is 0 Å². The van der Waals surface area contributed by atoms with E-state index in [1.165, 1.54) is 37.7 Å². The smallest absolute Gasteiger partial charge is 0.0537 e. The van der Waals surface area contributed by atoms with Crippen molar-refractivity contribution >= 4 is 0 Å². The Bertz CT molecular complexity index is 337. The summed E-state index contributed by atoms with van der Waals surface area (Å²) in [6.07, 6.45) is 11.7. The Morgan fingerprint density at radius 3 is 2.65 bits per heavy atom. The van der Waals surface area contributed by atoms with Crippen LogP contribution in [0, 0.1) is 5.92 Å². The molecule has 17 heavy (non-hydrogen) atoms. The molecule has 1 saturated carbocycles. The Morgan fingerprint density at radius 1 is 1.35 bits per heavy atom. The first-order chi connectivity index (χ1) is 8.24. The van der Waals surface area contributed by atoms with Gasteiger partial charge in [-0.25, -0.2) is 0 Å². The van der Waals surface area contributed by atoms with E-state index in [1.807, 2.05) is 6.20 Å². The van der Waals surface area contributed by atoms with Gasteiger partial charge in [0, 0.05) is 17.8 Å². The molecule has 3 heteroatoms. The highest BCUT2D eigenvalue weighted by Crippen LogP contribution is 2.33. The lowest BCUT2D eigenvalue weighted by atomic mass is 9.85. The quantitative estimate of drug-likeness (QED) is 0.868. The number of rotatable bonds is 4. The van der Waals surface area contributed by atoms with Crippen LogP contribution in [0.3, 0.4) is 0 Å². The van der Waals surface area contributed by atoms with Crippen LogP contribution in [0.2, 0.25) is 0 Å². The Labute approximate surface area is 104 Å². The van der Waals surface area contributed by atoms with Crippen molar-refractivity contribution in [2.75, 3.05) is 0 Å². The van der Waals surface area contributed by atoms with Crippen LogP contribution >= 0.6 is 0 Å². The molecule has 0 amide bonds.